The molecule has 0 bridgehead atoms. The summed E-state index contributed by atoms with van der Waals surface area (Å²) >= 11 is 0. The number of aliphatic hydroxyl groups excluding tert-OH is 1. The van der Waals surface area contributed by atoms with Crippen LogP contribution >= 0.6 is 0 Å². The topological polar surface area (TPSA) is 92.0 Å². The Balaban J connectivity index is 1.54. The first-order chi connectivity index (χ1) is 16.6. The van der Waals surface area contributed by atoms with E-state index < -0.39 is 17.8 Å². The third-order valence-corrected chi connectivity index (χ3v) is 5.54. The Hall–Kier alpha value is -3.26. The van der Waals surface area contributed by atoms with Gasteiger partial charge in [0.15, 0.2) is 11.5 Å². The van der Waals surface area contributed by atoms with Crippen molar-refractivity contribution >= 4 is 17.0 Å². The highest BCUT2D eigenvalue weighted by Gasteiger charge is 2.22. The van der Waals surface area contributed by atoms with Crippen LogP contribution < -0.4 is 14.2 Å². The molecule has 0 radical (unpaired) electrons. The summed E-state index contributed by atoms with van der Waals surface area (Å²) in [6.45, 7) is 7.42. The number of unbranched alkanes of at least 4 members (excludes halogenated alkanes) is 1. The minimum atomic E-state index is -0.624. The maximum absolute atomic E-state index is 12.6. The van der Waals surface area contributed by atoms with Gasteiger partial charge in [0.1, 0.15) is 18.0 Å². The number of aryl methyl sites for hydroxylation is 2. The van der Waals surface area contributed by atoms with Crippen LogP contribution in [-0.2, 0) is 11.2 Å². The molecule has 3 aromatic rings. The quantitative estimate of drug-likeness (QED) is 0.391. The van der Waals surface area contributed by atoms with E-state index in [9.17, 15) is 9.90 Å². The van der Waals surface area contributed by atoms with Crippen molar-refractivity contribution in [2.24, 2.45) is 0 Å². The lowest BCUT2D eigenvalue weighted by Crippen LogP contribution is -2.27. The number of fused-ring (bicyclic) bond motifs is 1. The maximum Gasteiger partial charge on any atom is 0.435 e. The number of benzene rings is 2. The molecular weight excluding hydrogens is 448 g/mol. The predicted octanol–water partition coefficient (Wildman–Crippen LogP) is 5.30. The number of hydrogen-bond acceptors (Lipinski definition) is 7. The summed E-state index contributed by atoms with van der Waals surface area (Å²) in [7, 11) is 3.25. The van der Waals surface area contributed by atoms with Crippen LogP contribution in [0.4, 0.5) is 4.79 Å². The second kappa shape index (κ2) is 11.4. The third-order valence-electron chi connectivity index (χ3n) is 5.54. The summed E-state index contributed by atoms with van der Waals surface area (Å²) in [5.41, 5.74) is 1.81. The predicted molar refractivity (Wildman–Crippen MR) is 135 cm³/mol. The van der Waals surface area contributed by atoms with Gasteiger partial charge in [0.2, 0.25) is 0 Å². The zero-order valence-electron chi connectivity index (χ0n) is 21.5. The molecule has 35 heavy (non-hydrogen) atoms. The van der Waals surface area contributed by atoms with Crippen LogP contribution in [0.2, 0.25) is 0 Å². The summed E-state index contributed by atoms with van der Waals surface area (Å²) in [6.07, 6.45) is 2.16. The van der Waals surface area contributed by atoms with Gasteiger partial charge < -0.3 is 24.1 Å². The van der Waals surface area contributed by atoms with Gasteiger partial charge >= 0.3 is 6.09 Å². The molecule has 0 aliphatic carbocycles. The molecule has 0 aliphatic rings. The molecule has 190 valence electrons. The number of methoxy groups -OCH3 is 2. The summed E-state index contributed by atoms with van der Waals surface area (Å²) in [4.78, 5) is 12.6. The normalized spacial score (nSPS) is 12.4. The largest absolute Gasteiger partial charge is 0.493 e. The second-order valence-electron chi connectivity index (χ2n) is 9.53. The molecule has 1 atom stereocenters. The average Bonchev–Trinajstić information content (AvgIpc) is 3.16. The van der Waals surface area contributed by atoms with E-state index >= 15 is 0 Å². The van der Waals surface area contributed by atoms with E-state index in [1.165, 1.54) is 4.68 Å². The first-order valence-corrected chi connectivity index (χ1v) is 11.9. The molecule has 0 fully saturated rings. The van der Waals surface area contributed by atoms with E-state index in [-0.39, 0.29) is 6.61 Å². The lowest BCUT2D eigenvalue weighted by Gasteiger charge is -2.19. The molecule has 0 saturated carbocycles. The van der Waals surface area contributed by atoms with Crippen LogP contribution in [-0.4, -0.2) is 53.5 Å². The van der Waals surface area contributed by atoms with E-state index in [1.54, 1.807) is 26.4 Å². The van der Waals surface area contributed by atoms with Gasteiger partial charge in [0.05, 0.1) is 36.9 Å². The van der Waals surface area contributed by atoms with Gasteiger partial charge in [-0.15, -0.1) is 0 Å². The van der Waals surface area contributed by atoms with E-state index in [4.69, 9.17) is 18.9 Å². The molecule has 1 heterocycles. The average molecular weight is 485 g/mol. The molecule has 8 heteroatoms. The van der Waals surface area contributed by atoms with Crippen molar-refractivity contribution in [2.75, 3.05) is 20.8 Å². The first-order valence-electron chi connectivity index (χ1n) is 11.9. The molecule has 0 spiro atoms. The zero-order valence-corrected chi connectivity index (χ0v) is 21.5. The Bertz CT molecular complexity index is 1150. The number of ether oxygens (including phenoxy) is 4. The lowest BCUT2D eigenvalue weighted by molar-refractivity contribution is 0.0522. The fourth-order valence-corrected chi connectivity index (χ4v) is 3.89. The highest BCUT2D eigenvalue weighted by Crippen LogP contribution is 2.30. The fraction of sp³-hybridized carbons (Fsp3) is 0.481. The fourth-order valence-electron chi connectivity index (χ4n) is 3.89. The smallest absolute Gasteiger partial charge is 0.435 e. The summed E-state index contributed by atoms with van der Waals surface area (Å²) in [5.74, 6) is 2.02. The van der Waals surface area contributed by atoms with Crippen LogP contribution in [0.15, 0.2) is 36.4 Å². The molecule has 1 N–H and O–H groups in total. The molecule has 8 nitrogen and oxygen atoms in total. The zero-order chi connectivity index (χ0) is 25.6. The number of carbonyl (C=O) groups is 1. The van der Waals surface area contributed by atoms with Crippen molar-refractivity contribution in [3.8, 4) is 17.2 Å². The Labute approximate surface area is 206 Å². The van der Waals surface area contributed by atoms with Gasteiger partial charge in [-0.05, 0) is 76.8 Å². The Kier molecular flexibility index (Phi) is 8.62. The lowest BCUT2D eigenvalue weighted by atomic mass is 10.0. The number of hydrogen-bond donors (Lipinski definition) is 1. The standard InChI is InChI=1S/C27H36N2O6/c1-18-25-21(29(28-18)26(31)35-27(2,3)4)12-9-13-23(25)34-17-20(30)11-8-7-10-19-14-15-22(32-5)24(16-19)33-6/h9,12-16,20,30H,7-8,10-11,17H2,1-6H3/t20-/m0/s1. The van der Waals surface area contributed by atoms with Crippen LogP contribution in [0.5, 0.6) is 17.2 Å². The van der Waals surface area contributed by atoms with Gasteiger partial charge in [-0.1, -0.05) is 18.6 Å². The van der Waals surface area contributed by atoms with Gasteiger partial charge in [-0.2, -0.15) is 9.78 Å². The Morgan fingerprint density at radius 1 is 1.06 bits per heavy atom. The third kappa shape index (κ3) is 6.88. The molecule has 0 unspecified atom stereocenters. The Morgan fingerprint density at radius 2 is 1.80 bits per heavy atom. The molecule has 0 amide bonds. The van der Waals surface area contributed by atoms with Gasteiger partial charge in [-0.25, -0.2) is 4.79 Å². The molecule has 0 aliphatic heterocycles. The number of nitrogens with zero attached hydrogens (tertiary/aromatic N) is 2. The van der Waals surface area contributed by atoms with Crippen molar-refractivity contribution in [1.82, 2.24) is 9.78 Å². The van der Waals surface area contributed by atoms with Crippen molar-refractivity contribution in [1.29, 1.82) is 0 Å². The highest BCUT2D eigenvalue weighted by molar-refractivity contribution is 5.93. The number of aliphatic hydroxyl groups is 1. The molecule has 2 aromatic carbocycles. The van der Waals surface area contributed by atoms with E-state index in [0.29, 0.717) is 29.1 Å². The molecule has 3 rings (SSSR count). The minimum absolute atomic E-state index is 0.159. The van der Waals surface area contributed by atoms with E-state index in [0.717, 1.165) is 36.0 Å². The summed E-state index contributed by atoms with van der Waals surface area (Å²) in [5, 5.41) is 15.6. The summed E-state index contributed by atoms with van der Waals surface area (Å²) in [6, 6.07) is 11.3. The van der Waals surface area contributed by atoms with Crippen LogP contribution in [0.1, 0.15) is 51.3 Å². The second-order valence-corrected chi connectivity index (χ2v) is 9.53. The van der Waals surface area contributed by atoms with Gasteiger partial charge in [0, 0.05) is 0 Å². The van der Waals surface area contributed by atoms with Crippen LogP contribution in [0.3, 0.4) is 0 Å². The molecular formula is C27H36N2O6. The highest BCUT2D eigenvalue weighted by atomic mass is 16.6. The monoisotopic (exact) mass is 484 g/mol. The van der Waals surface area contributed by atoms with Crippen molar-refractivity contribution in [3.05, 3.63) is 47.7 Å². The SMILES string of the molecule is COc1ccc(CCCC[C@H](O)COc2cccc3c2c(C)nn3C(=O)OC(C)(C)C)cc1OC. The Morgan fingerprint density at radius 3 is 2.49 bits per heavy atom. The van der Waals surface area contributed by atoms with Gasteiger partial charge in [0.25, 0.3) is 0 Å². The first kappa shape index (κ1) is 26.3. The molecule has 1 aromatic heterocycles. The van der Waals surface area contributed by atoms with Gasteiger partial charge in [-0.3, -0.25) is 0 Å². The summed E-state index contributed by atoms with van der Waals surface area (Å²) < 4.78 is 23.3. The van der Waals surface area contributed by atoms with Crippen molar-refractivity contribution in [3.63, 3.8) is 0 Å². The van der Waals surface area contributed by atoms with E-state index in [1.807, 2.05) is 52.0 Å². The number of aromatic nitrogens is 2. The van der Waals surface area contributed by atoms with Crippen LogP contribution in [0.25, 0.3) is 10.9 Å². The number of carbonyl (C=O) groups excluding carboxylic acids is 1. The van der Waals surface area contributed by atoms with E-state index in [2.05, 4.69) is 5.10 Å². The maximum atomic E-state index is 12.6. The minimum Gasteiger partial charge on any atom is -0.493 e. The number of rotatable bonds is 10. The molecule has 0 saturated heterocycles. The van der Waals surface area contributed by atoms with Crippen LogP contribution in [0, 0.1) is 6.92 Å². The van der Waals surface area contributed by atoms with Crippen molar-refractivity contribution < 1.29 is 28.8 Å². The van der Waals surface area contributed by atoms with Crippen molar-refractivity contribution in [2.45, 2.75) is 65.1 Å².